The van der Waals surface area contributed by atoms with Crippen molar-refractivity contribution in [3.8, 4) is 0 Å². The van der Waals surface area contributed by atoms with E-state index in [0.29, 0.717) is 28.1 Å². The third kappa shape index (κ3) is 3.71. The van der Waals surface area contributed by atoms with Gasteiger partial charge in [-0.15, -0.1) is 11.8 Å². The summed E-state index contributed by atoms with van der Waals surface area (Å²) in [5.74, 6) is 1.04. The van der Waals surface area contributed by atoms with Crippen LogP contribution in [-0.4, -0.2) is 26.4 Å². The van der Waals surface area contributed by atoms with Gasteiger partial charge in [0, 0.05) is 10.9 Å². The zero-order chi connectivity index (χ0) is 15.5. The molecular weight excluding hydrogens is 340 g/mol. The molecule has 1 aliphatic rings. The quantitative estimate of drug-likeness (QED) is 0.617. The van der Waals surface area contributed by atoms with Gasteiger partial charge in [0.1, 0.15) is 0 Å². The number of hydrogen-bond donors (Lipinski definition) is 2. The molecule has 2 N–H and O–H groups in total. The van der Waals surface area contributed by atoms with E-state index < -0.39 is 0 Å². The molecule has 1 aromatic carbocycles. The first-order valence-electron chi connectivity index (χ1n) is 6.95. The summed E-state index contributed by atoms with van der Waals surface area (Å²) >= 11 is 12.7. The smallest absolute Gasteiger partial charge is 0.230 e. The Morgan fingerprint density at radius 3 is 3.00 bits per heavy atom. The molecule has 0 spiro atoms. The molecule has 8 heteroatoms. The molecule has 1 heterocycles. The fraction of sp³-hybridized carbons (Fsp3) is 0.357. The van der Waals surface area contributed by atoms with Crippen molar-refractivity contribution in [2.24, 2.45) is 0 Å². The highest BCUT2D eigenvalue weighted by molar-refractivity contribution is 8.00. The number of halogens is 1. The van der Waals surface area contributed by atoms with Crippen molar-refractivity contribution in [2.75, 3.05) is 5.75 Å². The lowest BCUT2D eigenvalue weighted by Crippen LogP contribution is -2.26. The zero-order valence-corrected chi connectivity index (χ0v) is 14.1. The van der Waals surface area contributed by atoms with Crippen LogP contribution in [0.25, 0.3) is 0 Å². The third-order valence-corrected chi connectivity index (χ3v) is 5.13. The highest BCUT2D eigenvalue weighted by Gasteiger charge is 2.27. The SMILES string of the molecule is O=C(CSc1ccccc1Cl)NCc1n[nH]c(=S)n1C1CC1. The summed E-state index contributed by atoms with van der Waals surface area (Å²) in [5, 5.41) is 10.5. The second-order valence-corrected chi connectivity index (χ2v) is 6.85. The number of hydrogen-bond acceptors (Lipinski definition) is 4. The Balaban J connectivity index is 1.53. The first kappa shape index (κ1) is 15.6. The van der Waals surface area contributed by atoms with Crippen LogP contribution in [0.2, 0.25) is 5.02 Å². The number of aromatic nitrogens is 3. The molecule has 1 aromatic heterocycles. The molecule has 0 aliphatic heterocycles. The highest BCUT2D eigenvalue weighted by atomic mass is 35.5. The number of nitrogens with zero attached hydrogens (tertiary/aromatic N) is 2. The van der Waals surface area contributed by atoms with Crippen LogP contribution in [-0.2, 0) is 11.3 Å². The largest absolute Gasteiger partial charge is 0.348 e. The van der Waals surface area contributed by atoms with Crippen molar-refractivity contribution in [3.05, 3.63) is 39.9 Å². The fourth-order valence-corrected chi connectivity index (χ4v) is 3.47. The Hall–Kier alpha value is -1.31. The molecule has 2 aromatic rings. The van der Waals surface area contributed by atoms with E-state index in [9.17, 15) is 4.79 Å². The maximum atomic E-state index is 12.0. The molecule has 1 aliphatic carbocycles. The molecule has 1 saturated carbocycles. The lowest BCUT2D eigenvalue weighted by Gasteiger charge is -2.07. The average molecular weight is 355 g/mol. The second kappa shape index (κ2) is 6.85. The van der Waals surface area contributed by atoms with Gasteiger partial charge in [-0.3, -0.25) is 14.5 Å². The van der Waals surface area contributed by atoms with Crippen molar-refractivity contribution in [1.82, 2.24) is 20.1 Å². The number of amides is 1. The molecule has 0 bridgehead atoms. The molecular formula is C14H15ClN4OS2. The van der Waals surface area contributed by atoms with Crippen molar-refractivity contribution < 1.29 is 4.79 Å². The number of carbonyl (C=O) groups excluding carboxylic acids is 1. The normalized spacial score (nSPS) is 14.0. The fourth-order valence-electron chi connectivity index (χ4n) is 2.11. The predicted octanol–water partition coefficient (Wildman–Crippen LogP) is 3.34. The highest BCUT2D eigenvalue weighted by Crippen LogP contribution is 2.35. The van der Waals surface area contributed by atoms with E-state index in [0.717, 1.165) is 23.6 Å². The van der Waals surface area contributed by atoms with E-state index in [1.165, 1.54) is 11.8 Å². The summed E-state index contributed by atoms with van der Waals surface area (Å²) in [4.78, 5) is 12.9. The van der Waals surface area contributed by atoms with Gasteiger partial charge in [-0.25, -0.2) is 0 Å². The number of carbonyl (C=O) groups is 1. The van der Waals surface area contributed by atoms with Gasteiger partial charge in [0.2, 0.25) is 5.91 Å². The number of nitrogens with one attached hydrogen (secondary N) is 2. The van der Waals surface area contributed by atoms with Gasteiger partial charge in [0.25, 0.3) is 0 Å². The monoisotopic (exact) mass is 354 g/mol. The number of H-pyrrole nitrogens is 1. The third-order valence-electron chi connectivity index (χ3n) is 3.33. The van der Waals surface area contributed by atoms with Crippen LogP contribution < -0.4 is 5.32 Å². The summed E-state index contributed by atoms with van der Waals surface area (Å²) < 4.78 is 2.62. The Labute approximate surface area is 142 Å². The van der Waals surface area contributed by atoms with E-state index in [2.05, 4.69) is 15.5 Å². The van der Waals surface area contributed by atoms with E-state index >= 15 is 0 Å². The van der Waals surface area contributed by atoms with E-state index in [1.807, 2.05) is 28.8 Å². The van der Waals surface area contributed by atoms with Crippen LogP contribution in [0.15, 0.2) is 29.2 Å². The van der Waals surface area contributed by atoms with Crippen molar-refractivity contribution >= 4 is 41.5 Å². The van der Waals surface area contributed by atoms with Gasteiger partial charge in [-0.2, -0.15) is 5.10 Å². The molecule has 0 radical (unpaired) electrons. The molecule has 22 heavy (non-hydrogen) atoms. The Kier molecular flexibility index (Phi) is 4.85. The van der Waals surface area contributed by atoms with Gasteiger partial charge in [0.15, 0.2) is 10.6 Å². The van der Waals surface area contributed by atoms with Crippen LogP contribution in [0.5, 0.6) is 0 Å². The van der Waals surface area contributed by atoms with Crippen molar-refractivity contribution in [3.63, 3.8) is 0 Å². The molecule has 116 valence electrons. The minimum absolute atomic E-state index is 0.0545. The summed E-state index contributed by atoms with van der Waals surface area (Å²) in [6, 6.07) is 7.93. The molecule has 1 amide bonds. The van der Waals surface area contributed by atoms with E-state index in [1.54, 1.807) is 0 Å². The maximum Gasteiger partial charge on any atom is 0.230 e. The lowest BCUT2D eigenvalue weighted by molar-refractivity contribution is -0.118. The Morgan fingerprint density at radius 1 is 1.50 bits per heavy atom. The van der Waals surface area contributed by atoms with Gasteiger partial charge in [0.05, 0.1) is 17.3 Å². The number of benzene rings is 1. The summed E-state index contributed by atoms with van der Waals surface area (Å²) in [6.45, 7) is 0.381. The number of rotatable bonds is 6. The minimum Gasteiger partial charge on any atom is -0.348 e. The molecule has 1 fully saturated rings. The van der Waals surface area contributed by atoms with Gasteiger partial charge in [-0.05, 0) is 37.2 Å². The zero-order valence-electron chi connectivity index (χ0n) is 11.7. The summed E-state index contributed by atoms with van der Waals surface area (Å²) in [5.41, 5.74) is 0. The maximum absolute atomic E-state index is 12.0. The number of thioether (sulfide) groups is 1. The topological polar surface area (TPSA) is 62.7 Å². The lowest BCUT2D eigenvalue weighted by atomic mass is 10.4. The second-order valence-electron chi connectivity index (χ2n) is 5.04. The predicted molar refractivity (Wildman–Crippen MR) is 89.7 cm³/mol. The van der Waals surface area contributed by atoms with Gasteiger partial charge in [-0.1, -0.05) is 23.7 Å². The average Bonchev–Trinajstić information content (AvgIpc) is 3.27. The van der Waals surface area contributed by atoms with Crippen molar-refractivity contribution in [2.45, 2.75) is 30.3 Å². The van der Waals surface area contributed by atoms with E-state index in [-0.39, 0.29) is 5.91 Å². The Bertz CT molecular complexity index is 738. The van der Waals surface area contributed by atoms with Crippen LogP contribution in [0.4, 0.5) is 0 Å². The molecule has 0 unspecified atom stereocenters. The summed E-state index contributed by atoms with van der Waals surface area (Å²) in [7, 11) is 0. The number of aromatic amines is 1. The van der Waals surface area contributed by atoms with Gasteiger partial charge < -0.3 is 5.32 Å². The van der Waals surface area contributed by atoms with E-state index in [4.69, 9.17) is 23.8 Å². The van der Waals surface area contributed by atoms with Gasteiger partial charge >= 0.3 is 0 Å². The first-order valence-corrected chi connectivity index (χ1v) is 8.72. The summed E-state index contributed by atoms with van der Waals surface area (Å²) in [6.07, 6.45) is 2.24. The minimum atomic E-state index is -0.0545. The molecule has 0 atom stereocenters. The first-order chi connectivity index (χ1) is 10.6. The molecule has 5 nitrogen and oxygen atoms in total. The van der Waals surface area contributed by atoms with Crippen LogP contribution in [0, 0.1) is 4.77 Å². The standard InChI is InChI=1S/C14H15ClN4OS2/c15-10-3-1-2-4-11(10)22-8-13(20)16-7-12-17-18-14(21)19(12)9-5-6-9/h1-4,9H,5-8H2,(H,16,20)(H,18,21). The van der Waals surface area contributed by atoms with Crippen LogP contribution in [0.1, 0.15) is 24.7 Å². The molecule has 0 saturated heterocycles. The van der Waals surface area contributed by atoms with Crippen molar-refractivity contribution in [1.29, 1.82) is 0 Å². The molecule has 3 rings (SSSR count). The Morgan fingerprint density at radius 2 is 2.27 bits per heavy atom. The van der Waals surface area contributed by atoms with Crippen LogP contribution >= 0.6 is 35.6 Å². The van der Waals surface area contributed by atoms with Crippen LogP contribution in [0.3, 0.4) is 0 Å².